The summed E-state index contributed by atoms with van der Waals surface area (Å²) in [6, 6.07) is 1.24. The van der Waals surface area contributed by atoms with Crippen molar-refractivity contribution < 1.29 is 18.7 Å². The summed E-state index contributed by atoms with van der Waals surface area (Å²) in [4.78, 5) is 14.1. The summed E-state index contributed by atoms with van der Waals surface area (Å²) in [5, 5.41) is 8.59. The molecule has 1 aromatic rings. The quantitative estimate of drug-likeness (QED) is 0.707. The topological polar surface area (TPSA) is 102 Å². The van der Waals surface area contributed by atoms with Gasteiger partial charge in [0.25, 0.3) is 6.43 Å². The second kappa shape index (κ2) is 4.84. The molecule has 0 fully saturated rings. The number of carbonyl (C=O) groups is 1. The molecule has 0 spiro atoms. The fourth-order valence-corrected chi connectivity index (χ4v) is 1.27. The first kappa shape index (κ1) is 12.3. The van der Waals surface area contributed by atoms with Gasteiger partial charge in [-0.15, -0.1) is 0 Å². The molecule has 0 aliphatic rings. The number of nitrogens with zero attached hydrogens (tertiary/aromatic N) is 1. The van der Waals surface area contributed by atoms with Gasteiger partial charge >= 0.3 is 5.97 Å². The van der Waals surface area contributed by atoms with Crippen molar-refractivity contribution in [2.75, 3.05) is 5.73 Å². The highest BCUT2D eigenvalue weighted by Crippen LogP contribution is 2.25. The Morgan fingerprint density at radius 3 is 2.62 bits per heavy atom. The zero-order valence-electron chi connectivity index (χ0n) is 8.28. The lowest BCUT2D eigenvalue weighted by atomic mass is 10.1. The molecule has 1 heterocycles. The number of nitrogens with two attached hydrogens (primary N) is 2. The smallest absolute Gasteiger partial charge is 0.309 e. The molecule has 16 heavy (non-hydrogen) atoms. The van der Waals surface area contributed by atoms with E-state index in [2.05, 4.69) is 4.98 Å². The number of halogens is 2. The second-order valence-corrected chi connectivity index (χ2v) is 3.14. The van der Waals surface area contributed by atoms with E-state index in [-0.39, 0.29) is 17.9 Å². The Hall–Kier alpha value is -1.76. The number of carboxylic acid groups (broad SMARTS) is 1. The van der Waals surface area contributed by atoms with E-state index in [0.717, 1.165) is 0 Å². The number of hydrogen-bond donors (Lipinski definition) is 3. The first-order chi connectivity index (χ1) is 7.45. The Bertz CT molecular complexity index is 410. The third-order valence-electron chi connectivity index (χ3n) is 2.00. The number of nitrogen functional groups attached to an aromatic ring is 1. The monoisotopic (exact) mass is 231 g/mol. The predicted molar refractivity (Wildman–Crippen MR) is 52.8 cm³/mol. The van der Waals surface area contributed by atoms with Crippen LogP contribution in [0.15, 0.2) is 6.07 Å². The third kappa shape index (κ3) is 2.63. The largest absolute Gasteiger partial charge is 0.481 e. The van der Waals surface area contributed by atoms with Gasteiger partial charge in [-0.05, 0) is 11.6 Å². The number of carboxylic acids is 1. The molecule has 0 unspecified atom stereocenters. The Balaban J connectivity index is 3.22. The minimum absolute atomic E-state index is 0.00330. The molecular formula is C9H11F2N3O2. The SMILES string of the molecule is NCc1cc(N)c(C(F)F)nc1CC(=O)O. The van der Waals surface area contributed by atoms with Crippen LogP contribution in [-0.4, -0.2) is 16.1 Å². The van der Waals surface area contributed by atoms with Crippen molar-refractivity contribution in [2.45, 2.75) is 19.4 Å². The summed E-state index contributed by atoms with van der Waals surface area (Å²) in [6.07, 6.45) is -3.29. The van der Waals surface area contributed by atoms with Crippen LogP contribution in [0, 0.1) is 0 Å². The number of anilines is 1. The Morgan fingerprint density at radius 2 is 2.19 bits per heavy atom. The van der Waals surface area contributed by atoms with Gasteiger partial charge in [0.1, 0.15) is 5.69 Å². The molecule has 5 N–H and O–H groups in total. The number of alkyl halides is 2. The van der Waals surface area contributed by atoms with E-state index in [1.807, 2.05) is 0 Å². The van der Waals surface area contributed by atoms with Crippen molar-refractivity contribution in [1.29, 1.82) is 0 Å². The van der Waals surface area contributed by atoms with Crippen molar-refractivity contribution in [3.05, 3.63) is 23.0 Å². The summed E-state index contributed by atoms with van der Waals surface area (Å²) in [7, 11) is 0. The summed E-state index contributed by atoms with van der Waals surface area (Å²) < 4.78 is 24.9. The molecule has 1 rings (SSSR count). The van der Waals surface area contributed by atoms with Crippen LogP contribution in [0.1, 0.15) is 23.4 Å². The number of rotatable bonds is 4. The average Bonchev–Trinajstić information content (AvgIpc) is 2.18. The summed E-state index contributed by atoms with van der Waals surface area (Å²) in [5.74, 6) is -1.16. The highest BCUT2D eigenvalue weighted by Gasteiger charge is 2.17. The van der Waals surface area contributed by atoms with E-state index >= 15 is 0 Å². The maximum atomic E-state index is 12.5. The van der Waals surface area contributed by atoms with Crippen molar-refractivity contribution in [3.8, 4) is 0 Å². The molecule has 88 valence electrons. The van der Waals surface area contributed by atoms with Crippen LogP contribution in [-0.2, 0) is 17.8 Å². The normalized spacial score (nSPS) is 10.8. The number of aromatic nitrogens is 1. The minimum Gasteiger partial charge on any atom is -0.481 e. The molecule has 0 saturated carbocycles. The Kier molecular flexibility index (Phi) is 3.73. The van der Waals surface area contributed by atoms with E-state index in [4.69, 9.17) is 16.6 Å². The van der Waals surface area contributed by atoms with Crippen LogP contribution in [0.5, 0.6) is 0 Å². The molecule has 0 aliphatic heterocycles. The molecule has 0 amide bonds. The number of hydrogen-bond acceptors (Lipinski definition) is 4. The van der Waals surface area contributed by atoms with E-state index < -0.39 is 24.5 Å². The van der Waals surface area contributed by atoms with Crippen LogP contribution in [0.4, 0.5) is 14.5 Å². The molecule has 0 radical (unpaired) electrons. The van der Waals surface area contributed by atoms with Gasteiger partial charge in [0.05, 0.1) is 17.8 Å². The van der Waals surface area contributed by atoms with Gasteiger partial charge in [-0.25, -0.2) is 13.8 Å². The Morgan fingerprint density at radius 1 is 1.56 bits per heavy atom. The summed E-state index contributed by atoms with van der Waals surface area (Å²) in [5.41, 5.74) is 10.3. The predicted octanol–water partition coefficient (Wildman–Crippen LogP) is 0.687. The summed E-state index contributed by atoms with van der Waals surface area (Å²) in [6.45, 7) is 0.00330. The average molecular weight is 231 g/mol. The maximum Gasteiger partial charge on any atom is 0.309 e. The van der Waals surface area contributed by atoms with Crippen LogP contribution in [0.2, 0.25) is 0 Å². The first-order valence-electron chi connectivity index (χ1n) is 4.43. The second-order valence-electron chi connectivity index (χ2n) is 3.14. The van der Waals surface area contributed by atoms with E-state index in [1.165, 1.54) is 6.07 Å². The van der Waals surface area contributed by atoms with Gasteiger partial charge in [-0.2, -0.15) is 0 Å². The van der Waals surface area contributed by atoms with Crippen LogP contribution in [0.25, 0.3) is 0 Å². The van der Waals surface area contributed by atoms with Gasteiger partial charge in [-0.3, -0.25) is 4.79 Å². The van der Waals surface area contributed by atoms with Crippen molar-refractivity contribution in [1.82, 2.24) is 4.98 Å². The number of aliphatic carboxylic acids is 1. The fourth-order valence-electron chi connectivity index (χ4n) is 1.27. The minimum atomic E-state index is -2.83. The molecule has 0 atom stereocenters. The van der Waals surface area contributed by atoms with Crippen molar-refractivity contribution in [2.24, 2.45) is 5.73 Å². The highest BCUT2D eigenvalue weighted by atomic mass is 19.3. The molecular weight excluding hydrogens is 220 g/mol. The van der Waals surface area contributed by atoms with Crippen LogP contribution in [0.3, 0.4) is 0 Å². The van der Waals surface area contributed by atoms with Gasteiger partial charge in [0.15, 0.2) is 0 Å². The van der Waals surface area contributed by atoms with Crippen LogP contribution < -0.4 is 11.5 Å². The van der Waals surface area contributed by atoms with Gasteiger partial charge < -0.3 is 16.6 Å². The fraction of sp³-hybridized carbons (Fsp3) is 0.333. The molecule has 0 aromatic carbocycles. The molecule has 0 aliphatic carbocycles. The maximum absolute atomic E-state index is 12.5. The standard InChI is InChI=1S/C9H11F2N3O2/c10-9(11)8-5(13)1-4(3-12)6(14-8)2-7(15)16/h1,9H,2-3,12-13H2,(H,15,16). The first-order valence-corrected chi connectivity index (χ1v) is 4.43. The highest BCUT2D eigenvalue weighted by molar-refractivity contribution is 5.70. The van der Waals surface area contributed by atoms with Crippen LogP contribution >= 0.6 is 0 Å². The number of pyridine rings is 1. The molecule has 0 bridgehead atoms. The Labute approximate surface area is 90.1 Å². The zero-order valence-corrected chi connectivity index (χ0v) is 8.28. The van der Waals surface area contributed by atoms with Gasteiger partial charge in [0.2, 0.25) is 0 Å². The molecule has 1 aromatic heterocycles. The molecule has 5 nitrogen and oxygen atoms in total. The molecule has 7 heteroatoms. The lowest BCUT2D eigenvalue weighted by molar-refractivity contribution is -0.136. The third-order valence-corrected chi connectivity index (χ3v) is 2.00. The molecule has 0 saturated heterocycles. The lowest BCUT2D eigenvalue weighted by Gasteiger charge is -2.10. The van der Waals surface area contributed by atoms with E-state index in [0.29, 0.717) is 5.56 Å². The van der Waals surface area contributed by atoms with E-state index in [9.17, 15) is 13.6 Å². The summed E-state index contributed by atoms with van der Waals surface area (Å²) >= 11 is 0. The zero-order chi connectivity index (χ0) is 12.3. The van der Waals surface area contributed by atoms with Crippen molar-refractivity contribution >= 4 is 11.7 Å². The van der Waals surface area contributed by atoms with Crippen molar-refractivity contribution in [3.63, 3.8) is 0 Å². The van der Waals surface area contributed by atoms with E-state index in [1.54, 1.807) is 0 Å². The lowest BCUT2D eigenvalue weighted by Crippen LogP contribution is -2.12. The van der Waals surface area contributed by atoms with Gasteiger partial charge in [-0.1, -0.05) is 0 Å². The van der Waals surface area contributed by atoms with Gasteiger partial charge in [0, 0.05) is 6.54 Å².